The van der Waals surface area contributed by atoms with Crippen LogP contribution < -0.4 is 5.56 Å². The quantitative estimate of drug-likeness (QED) is 0.510. The summed E-state index contributed by atoms with van der Waals surface area (Å²) in [6, 6.07) is 5.37. The van der Waals surface area contributed by atoms with Crippen molar-refractivity contribution in [3.8, 4) is 0 Å². The summed E-state index contributed by atoms with van der Waals surface area (Å²) < 4.78 is 40.6. The average molecular weight is 340 g/mol. The highest BCUT2D eigenvalue weighted by molar-refractivity contribution is 5.78. The van der Waals surface area contributed by atoms with E-state index in [1.807, 2.05) is 0 Å². The Morgan fingerprint density at radius 1 is 1.33 bits per heavy atom. The number of aromatic nitrogens is 3. The van der Waals surface area contributed by atoms with Gasteiger partial charge in [0, 0.05) is 6.54 Å². The van der Waals surface area contributed by atoms with Crippen LogP contribution in [0.2, 0.25) is 0 Å². The Hall–Kier alpha value is -2.58. The molecule has 0 bridgehead atoms. The summed E-state index contributed by atoms with van der Waals surface area (Å²) in [7, 11) is 0. The fourth-order valence-corrected chi connectivity index (χ4v) is 2.84. The van der Waals surface area contributed by atoms with Gasteiger partial charge in [-0.15, -0.1) is 0 Å². The Morgan fingerprint density at radius 2 is 2.08 bits per heavy atom. The molecule has 128 valence electrons. The zero-order valence-electron chi connectivity index (χ0n) is 12.9. The van der Waals surface area contributed by atoms with E-state index in [4.69, 9.17) is 0 Å². The van der Waals surface area contributed by atoms with E-state index >= 15 is 0 Å². The second-order valence-electron chi connectivity index (χ2n) is 5.51. The fourth-order valence-electron chi connectivity index (χ4n) is 2.84. The molecule has 6 nitrogen and oxygen atoms in total. The lowest BCUT2D eigenvalue weighted by atomic mass is 10.3. The predicted molar refractivity (Wildman–Crippen MR) is 80.9 cm³/mol. The molecule has 3 rings (SSSR count). The molecule has 0 radical (unpaired) electrons. The van der Waals surface area contributed by atoms with Gasteiger partial charge in [-0.3, -0.25) is 18.6 Å². The number of amides is 1. The topological polar surface area (TPSA) is 59.6 Å². The molecule has 9 heteroatoms. The molecule has 0 aliphatic rings. The third kappa shape index (κ3) is 2.59. The van der Waals surface area contributed by atoms with Crippen LogP contribution in [0.3, 0.4) is 0 Å². The normalized spacial score (nSPS) is 11.9. The number of unbranched alkanes of at least 4 members (excludes halogenated alkanes) is 1. The van der Waals surface area contributed by atoms with Gasteiger partial charge in [0.05, 0.1) is 12.2 Å². The van der Waals surface area contributed by atoms with Gasteiger partial charge in [0.2, 0.25) is 0 Å². The smallest absolute Gasteiger partial charge is 0.292 e. The highest BCUT2D eigenvalue weighted by Gasteiger charge is 2.23. The summed E-state index contributed by atoms with van der Waals surface area (Å²) in [5.74, 6) is -1.84. The largest absolute Gasteiger partial charge is 0.318 e. The minimum Gasteiger partial charge on any atom is -0.292 e. The van der Waals surface area contributed by atoms with Crippen LogP contribution in [-0.4, -0.2) is 38.0 Å². The number of carbonyl (C=O) groups excluding carboxylic acids is 1. The molecule has 0 saturated carbocycles. The maximum absolute atomic E-state index is 13.1. The van der Waals surface area contributed by atoms with E-state index in [1.54, 1.807) is 34.1 Å². The van der Waals surface area contributed by atoms with Crippen LogP contribution in [0.15, 0.2) is 23.0 Å². The number of hydrogen-bond acceptors (Lipinski definition) is 3. The molecular formula is C15H15F3N4O2. The van der Waals surface area contributed by atoms with Crippen molar-refractivity contribution in [1.82, 2.24) is 19.1 Å². The number of pyridine rings is 1. The molecule has 0 unspecified atom stereocenters. The number of alkyl halides is 2. The van der Waals surface area contributed by atoms with Crippen molar-refractivity contribution in [2.45, 2.75) is 32.7 Å². The maximum Gasteiger partial charge on any atom is 0.318 e. The summed E-state index contributed by atoms with van der Waals surface area (Å²) in [5.41, 5.74) is 2.29. The summed E-state index contributed by atoms with van der Waals surface area (Å²) in [6.45, 7) is 1.63. The van der Waals surface area contributed by atoms with Gasteiger partial charge >= 0.3 is 12.3 Å². The first-order chi connectivity index (χ1) is 11.4. The van der Waals surface area contributed by atoms with Crippen molar-refractivity contribution in [1.29, 1.82) is 0 Å². The molecule has 3 heterocycles. The van der Waals surface area contributed by atoms with Crippen LogP contribution in [0.4, 0.5) is 13.3 Å². The summed E-state index contributed by atoms with van der Waals surface area (Å²) in [6.07, 6.45) is -2.81. The standard InChI is InChI=1S/C15H15F3N4O2/c1-9-12-14(23)20(11-6-4-5-10(19-9)22(11)12)7-2-3-8-21(18)15(24)13(16)17/h4-6,13H,2-3,7-8H2,1H3. The number of carbonyl (C=O) groups is 1. The molecule has 0 saturated heterocycles. The second-order valence-corrected chi connectivity index (χ2v) is 5.51. The minimum absolute atomic E-state index is 0.167. The van der Waals surface area contributed by atoms with Crippen molar-refractivity contribution in [2.24, 2.45) is 0 Å². The predicted octanol–water partition coefficient (Wildman–Crippen LogP) is 2.15. The number of aryl methyl sites for hydroxylation is 2. The van der Waals surface area contributed by atoms with Crippen LogP contribution in [0.1, 0.15) is 18.5 Å². The molecule has 3 aromatic heterocycles. The molecule has 1 amide bonds. The van der Waals surface area contributed by atoms with E-state index in [0.29, 0.717) is 35.5 Å². The van der Waals surface area contributed by atoms with Gasteiger partial charge in [-0.1, -0.05) is 10.5 Å². The first kappa shape index (κ1) is 16.3. The molecule has 0 atom stereocenters. The Bertz CT molecular complexity index is 934. The number of halogens is 3. The third-order valence-corrected chi connectivity index (χ3v) is 3.93. The van der Waals surface area contributed by atoms with Crippen molar-refractivity contribution in [3.63, 3.8) is 0 Å². The highest BCUT2D eigenvalue weighted by atomic mass is 19.3. The molecule has 0 fully saturated rings. The molecule has 0 aromatic carbocycles. The maximum atomic E-state index is 13.1. The summed E-state index contributed by atoms with van der Waals surface area (Å²) in [5, 5.41) is -0.477. The van der Waals surface area contributed by atoms with Crippen molar-refractivity contribution in [2.75, 3.05) is 6.54 Å². The van der Waals surface area contributed by atoms with Gasteiger partial charge in [0.25, 0.3) is 5.56 Å². The molecule has 0 aliphatic heterocycles. The highest BCUT2D eigenvalue weighted by Crippen LogP contribution is 2.17. The van der Waals surface area contributed by atoms with Crippen molar-refractivity contribution >= 4 is 22.7 Å². The van der Waals surface area contributed by atoms with E-state index in [9.17, 15) is 22.9 Å². The van der Waals surface area contributed by atoms with Crippen LogP contribution in [0, 0.1) is 6.92 Å². The van der Waals surface area contributed by atoms with Crippen molar-refractivity contribution in [3.05, 3.63) is 34.2 Å². The summed E-state index contributed by atoms with van der Waals surface area (Å²) in [4.78, 5) is 27.6. The molecule has 0 aliphatic carbocycles. The monoisotopic (exact) mass is 340 g/mol. The lowest BCUT2D eigenvalue weighted by molar-refractivity contribution is -0.158. The molecule has 0 spiro atoms. The van der Waals surface area contributed by atoms with E-state index in [-0.39, 0.29) is 12.0 Å². The van der Waals surface area contributed by atoms with Gasteiger partial charge in [0.15, 0.2) is 0 Å². The number of rotatable bonds is 6. The lowest BCUT2D eigenvalue weighted by Gasteiger charge is -2.11. The van der Waals surface area contributed by atoms with E-state index in [0.717, 1.165) is 0 Å². The molecule has 3 aromatic rings. The first-order valence-corrected chi connectivity index (χ1v) is 7.47. The summed E-state index contributed by atoms with van der Waals surface area (Å²) >= 11 is 0. The Balaban J connectivity index is 1.73. The third-order valence-electron chi connectivity index (χ3n) is 3.93. The van der Waals surface area contributed by atoms with Gasteiger partial charge in [-0.25, -0.2) is 4.98 Å². The van der Waals surface area contributed by atoms with E-state index in [2.05, 4.69) is 4.98 Å². The number of imidazole rings is 2. The minimum atomic E-state index is -3.35. The van der Waals surface area contributed by atoms with E-state index in [1.165, 1.54) is 0 Å². The van der Waals surface area contributed by atoms with Crippen LogP contribution >= 0.6 is 0 Å². The van der Waals surface area contributed by atoms with Gasteiger partial charge in [0.1, 0.15) is 16.8 Å². The molecule has 24 heavy (non-hydrogen) atoms. The number of hydrogen-bond donors (Lipinski definition) is 0. The van der Waals surface area contributed by atoms with Crippen LogP contribution in [0.25, 0.3) is 16.8 Å². The Kier molecular flexibility index (Phi) is 4.16. The van der Waals surface area contributed by atoms with E-state index < -0.39 is 24.0 Å². The lowest BCUT2D eigenvalue weighted by Crippen LogP contribution is -2.29. The Morgan fingerprint density at radius 3 is 2.79 bits per heavy atom. The van der Waals surface area contributed by atoms with Gasteiger partial charge in [-0.05, 0) is 31.9 Å². The van der Waals surface area contributed by atoms with Crippen LogP contribution in [0.5, 0.6) is 0 Å². The number of nitrogens with zero attached hydrogens (tertiary/aromatic N) is 4. The van der Waals surface area contributed by atoms with Crippen molar-refractivity contribution < 1.29 is 18.1 Å². The molecule has 0 N–H and O–H groups in total. The fraction of sp³-hybridized carbons (Fsp3) is 0.400. The second kappa shape index (κ2) is 6.14. The van der Waals surface area contributed by atoms with Gasteiger partial charge in [-0.2, -0.15) is 13.9 Å². The zero-order chi connectivity index (χ0) is 17.4. The molecular weight excluding hydrogens is 325 g/mol. The first-order valence-electron chi connectivity index (χ1n) is 7.47. The average Bonchev–Trinajstić information content (AvgIpc) is 3.03. The Labute approximate surface area is 134 Å². The SMILES string of the molecule is Cc1nc2cccc3n(CCCCN(F)C(=O)C(F)F)c(=O)c1n23. The zero-order valence-corrected chi connectivity index (χ0v) is 12.9. The van der Waals surface area contributed by atoms with Gasteiger partial charge < -0.3 is 0 Å². The van der Waals surface area contributed by atoms with Crippen LogP contribution in [-0.2, 0) is 11.3 Å².